The summed E-state index contributed by atoms with van der Waals surface area (Å²) in [7, 11) is 0. The first-order chi connectivity index (χ1) is 8.97. The normalized spacial score (nSPS) is 10.3. The predicted octanol–water partition coefficient (Wildman–Crippen LogP) is 4.63. The lowest BCUT2D eigenvalue weighted by atomic mass is 10.2. The van der Waals surface area contributed by atoms with Crippen molar-refractivity contribution in [2.45, 2.75) is 0 Å². The predicted molar refractivity (Wildman–Crippen MR) is 73.5 cm³/mol. The van der Waals surface area contributed by atoms with E-state index in [0.717, 1.165) is 12.1 Å². The third-order valence-electron chi connectivity index (χ3n) is 2.32. The Labute approximate surface area is 121 Å². The average molecular weight is 347 g/mol. The van der Waals surface area contributed by atoms with Gasteiger partial charge in [-0.1, -0.05) is 33.6 Å². The van der Waals surface area contributed by atoms with Crippen molar-refractivity contribution in [1.82, 2.24) is 0 Å². The minimum Gasteiger partial charge on any atom is -0.322 e. The molecular formula is C13H7BrClF2NO. The molecular weight excluding hydrogens is 340 g/mol. The molecule has 0 aliphatic carbocycles. The van der Waals surface area contributed by atoms with Gasteiger partial charge in [-0.3, -0.25) is 4.79 Å². The first-order valence-electron chi connectivity index (χ1n) is 5.19. The van der Waals surface area contributed by atoms with E-state index in [1.165, 1.54) is 6.07 Å². The van der Waals surface area contributed by atoms with Crippen LogP contribution in [0.4, 0.5) is 14.5 Å². The summed E-state index contributed by atoms with van der Waals surface area (Å²) in [5.41, 5.74) is -0.276. The second-order valence-electron chi connectivity index (χ2n) is 3.71. The van der Waals surface area contributed by atoms with E-state index in [1.807, 2.05) is 0 Å². The van der Waals surface area contributed by atoms with Gasteiger partial charge >= 0.3 is 0 Å². The topological polar surface area (TPSA) is 29.1 Å². The number of hydrogen-bond donors (Lipinski definition) is 1. The Morgan fingerprint density at radius 1 is 1.16 bits per heavy atom. The zero-order chi connectivity index (χ0) is 14.0. The molecule has 0 bridgehead atoms. The van der Waals surface area contributed by atoms with Crippen molar-refractivity contribution in [3.63, 3.8) is 0 Å². The molecule has 0 unspecified atom stereocenters. The van der Waals surface area contributed by atoms with Crippen LogP contribution in [0.3, 0.4) is 0 Å². The van der Waals surface area contributed by atoms with Crippen LogP contribution in [0.2, 0.25) is 5.02 Å². The minimum absolute atomic E-state index is 0.224. The van der Waals surface area contributed by atoms with E-state index in [1.54, 1.807) is 18.2 Å². The van der Waals surface area contributed by atoms with Gasteiger partial charge in [0.05, 0.1) is 0 Å². The molecule has 2 nitrogen and oxygen atoms in total. The molecule has 0 heterocycles. The van der Waals surface area contributed by atoms with Gasteiger partial charge in [-0.25, -0.2) is 8.78 Å². The molecule has 0 aliphatic heterocycles. The maximum absolute atomic E-state index is 13.6. The number of carbonyl (C=O) groups is 1. The highest BCUT2D eigenvalue weighted by Gasteiger charge is 2.18. The maximum atomic E-state index is 13.6. The van der Waals surface area contributed by atoms with Crippen LogP contribution in [0.1, 0.15) is 10.4 Å². The van der Waals surface area contributed by atoms with Crippen molar-refractivity contribution in [2.24, 2.45) is 0 Å². The van der Waals surface area contributed by atoms with E-state index in [0.29, 0.717) is 10.7 Å². The molecule has 0 spiro atoms. The Bertz CT molecular complexity index is 625. The largest absolute Gasteiger partial charge is 0.322 e. The number of rotatable bonds is 2. The van der Waals surface area contributed by atoms with Crippen molar-refractivity contribution in [1.29, 1.82) is 0 Å². The monoisotopic (exact) mass is 345 g/mol. The fraction of sp³-hybridized carbons (Fsp3) is 0. The van der Waals surface area contributed by atoms with Gasteiger partial charge in [-0.2, -0.15) is 0 Å². The van der Waals surface area contributed by atoms with E-state index in [2.05, 4.69) is 21.2 Å². The highest BCUT2D eigenvalue weighted by atomic mass is 79.9. The zero-order valence-electron chi connectivity index (χ0n) is 9.38. The molecule has 0 fully saturated rings. The van der Waals surface area contributed by atoms with Crippen molar-refractivity contribution in [3.8, 4) is 0 Å². The lowest BCUT2D eigenvalue weighted by Crippen LogP contribution is -2.15. The van der Waals surface area contributed by atoms with Crippen LogP contribution in [0, 0.1) is 11.6 Å². The number of nitrogens with one attached hydrogen (secondary N) is 1. The summed E-state index contributed by atoms with van der Waals surface area (Å²) in [4.78, 5) is 11.8. The highest BCUT2D eigenvalue weighted by Crippen LogP contribution is 2.21. The van der Waals surface area contributed by atoms with Crippen molar-refractivity contribution >= 4 is 39.1 Å². The number of amides is 1. The molecule has 1 N–H and O–H groups in total. The Hall–Kier alpha value is -1.46. The fourth-order valence-electron chi connectivity index (χ4n) is 1.52. The van der Waals surface area contributed by atoms with Crippen LogP contribution in [0.5, 0.6) is 0 Å². The van der Waals surface area contributed by atoms with Gasteiger partial charge in [0, 0.05) is 15.2 Å². The second-order valence-corrected chi connectivity index (χ2v) is 5.06. The molecule has 19 heavy (non-hydrogen) atoms. The Kier molecular flexibility index (Phi) is 4.17. The molecule has 1 amide bonds. The molecule has 0 aromatic heterocycles. The summed E-state index contributed by atoms with van der Waals surface area (Å²) in [5.74, 6) is -2.75. The Morgan fingerprint density at radius 3 is 2.37 bits per heavy atom. The standard InChI is InChI=1S/C13H7BrClF2NO/c14-7-4-10(16)12(11(17)5-7)13(19)18-9-3-1-2-8(15)6-9/h1-6H,(H,18,19). The molecule has 0 atom stereocenters. The number of hydrogen-bond acceptors (Lipinski definition) is 1. The average Bonchev–Trinajstić information content (AvgIpc) is 2.27. The Balaban J connectivity index is 2.31. The number of halogens is 4. The third-order valence-corrected chi connectivity index (χ3v) is 3.01. The van der Waals surface area contributed by atoms with E-state index < -0.39 is 23.1 Å². The second kappa shape index (κ2) is 5.67. The lowest BCUT2D eigenvalue weighted by molar-refractivity contribution is 0.101. The molecule has 2 rings (SSSR count). The van der Waals surface area contributed by atoms with Gasteiger partial charge < -0.3 is 5.32 Å². The van der Waals surface area contributed by atoms with Crippen molar-refractivity contribution in [2.75, 3.05) is 5.32 Å². The van der Waals surface area contributed by atoms with Gasteiger partial charge in [0.1, 0.15) is 17.2 Å². The van der Waals surface area contributed by atoms with Crippen LogP contribution < -0.4 is 5.32 Å². The van der Waals surface area contributed by atoms with Gasteiger partial charge in [0.2, 0.25) is 0 Å². The summed E-state index contributed by atoms with van der Waals surface area (Å²) < 4.78 is 27.4. The Morgan fingerprint density at radius 2 is 1.79 bits per heavy atom. The fourth-order valence-corrected chi connectivity index (χ4v) is 2.11. The van der Waals surface area contributed by atoms with Crippen LogP contribution in [-0.2, 0) is 0 Å². The molecule has 0 radical (unpaired) electrons. The summed E-state index contributed by atoms with van der Waals surface area (Å²) in [6, 6.07) is 8.34. The maximum Gasteiger partial charge on any atom is 0.261 e. The van der Waals surface area contributed by atoms with E-state index in [-0.39, 0.29) is 4.47 Å². The van der Waals surface area contributed by atoms with Crippen LogP contribution >= 0.6 is 27.5 Å². The quantitative estimate of drug-likeness (QED) is 0.844. The van der Waals surface area contributed by atoms with E-state index in [9.17, 15) is 13.6 Å². The van der Waals surface area contributed by atoms with Gasteiger partial charge in [0.25, 0.3) is 5.91 Å². The molecule has 6 heteroatoms. The lowest BCUT2D eigenvalue weighted by Gasteiger charge is -2.07. The van der Waals surface area contributed by atoms with Crippen molar-refractivity contribution in [3.05, 3.63) is 63.1 Å². The van der Waals surface area contributed by atoms with Crippen LogP contribution in [0.15, 0.2) is 40.9 Å². The van der Waals surface area contributed by atoms with Gasteiger partial charge in [-0.15, -0.1) is 0 Å². The zero-order valence-corrected chi connectivity index (χ0v) is 11.7. The highest BCUT2D eigenvalue weighted by molar-refractivity contribution is 9.10. The molecule has 0 saturated carbocycles. The van der Waals surface area contributed by atoms with E-state index >= 15 is 0 Å². The van der Waals surface area contributed by atoms with E-state index in [4.69, 9.17) is 11.6 Å². The third kappa shape index (κ3) is 3.30. The number of benzene rings is 2. The van der Waals surface area contributed by atoms with Gasteiger partial charge in [-0.05, 0) is 30.3 Å². The summed E-state index contributed by atoms with van der Waals surface area (Å²) >= 11 is 8.70. The minimum atomic E-state index is -0.939. The summed E-state index contributed by atoms with van der Waals surface area (Å²) in [6.07, 6.45) is 0. The van der Waals surface area contributed by atoms with Gasteiger partial charge in [0.15, 0.2) is 0 Å². The molecule has 2 aromatic carbocycles. The van der Waals surface area contributed by atoms with Crippen LogP contribution in [0.25, 0.3) is 0 Å². The van der Waals surface area contributed by atoms with Crippen molar-refractivity contribution < 1.29 is 13.6 Å². The molecule has 2 aromatic rings. The SMILES string of the molecule is O=C(Nc1cccc(Cl)c1)c1c(F)cc(Br)cc1F. The summed E-state index contributed by atoms with van der Waals surface area (Å²) in [6.45, 7) is 0. The molecule has 0 saturated heterocycles. The first kappa shape index (κ1) is 14.0. The number of anilines is 1. The summed E-state index contributed by atoms with van der Waals surface area (Å²) in [5, 5.41) is 2.79. The molecule has 0 aliphatic rings. The number of carbonyl (C=O) groups excluding carboxylic acids is 1. The smallest absolute Gasteiger partial charge is 0.261 e. The molecule has 98 valence electrons. The van der Waals surface area contributed by atoms with Crippen LogP contribution in [-0.4, -0.2) is 5.91 Å². The first-order valence-corrected chi connectivity index (χ1v) is 6.36.